The highest BCUT2D eigenvalue weighted by Crippen LogP contribution is 2.25. The second-order valence-electron chi connectivity index (χ2n) is 6.84. The van der Waals surface area contributed by atoms with Gasteiger partial charge in [0.25, 0.3) is 0 Å². The van der Waals surface area contributed by atoms with Gasteiger partial charge in [-0.15, -0.1) is 0 Å². The average molecular weight is 356 g/mol. The van der Waals surface area contributed by atoms with E-state index in [1.807, 2.05) is 24.4 Å². The molecule has 0 unspecified atom stereocenters. The predicted octanol–water partition coefficient (Wildman–Crippen LogP) is 5.05. The topological polar surface area (TPSA) is 25.4 Å². The second-order valence-corrected chi connectivity index (χ2v) is 6.84. The van der Waals surface area contributed by atoms with Gasteiger partial charge in [0.2, 0.25) is 0 Å². The SMILES string of the molecule is COc1ccc(C2=CCN(Cc3cc(-c4ccccc4)ccn3)CC2)cc1. The van der Waals surface area contributed by atoms with Crippen LogP contribution in [0.2, 0.25) is 0 Å². The highest BCUT2D eigenvalue weighted by Gasteiger charge is 2.14. The van der Waals surface area contributed by atoms with Crippen molar-refractivity contribution in [3.63, 3.8) is 0 Å². The van der Waals surface area contributed by atoms with Crippen LogP contribution < -0.4 is 4.74 Å². The van der Waals surface area contributed by atoms with Crippen LogP contribution in [0.15, 0.2) is 79.0 Å². The number of pyridine rings is 1. The average Bonchev–Trinajstić information content (AvgIpc) is 2.75. The maximum atomic E-state index is 5.25. The van der Waals surface area contributed by atoms with Crippen LogP contribution in [0.25, 0.3) is 16.7 Å². The first-order valence-electron chi connectivity index (χ1n) is 9.38. The van der Waals surface area contributed by atoms with Crippen molar-refractivity contribution in [2.75, 3.05) is 20.2 Å². The molecular weight excluding hydrogens is 332 g/mol. The van der Waals surface area contributed by atoms with E-state index in [-0.39, 0.29) is 0 Å². The number of hydrogen-bond acceptors (Lipinski definition) is 3. The molecule has 0 N–H and O–H groups in total. The van der Waals surface area contributed by atoms with Crippen LogP contribution in [0.1, 0.15) is 17.7 Å². The van der Waals surface area contributed by atoms with Crippen molar-refractivity contribution in [1.29, 1.82) is 0 Å². The van der Waals surface area contributed by atoms with Gasteiger partial charge in [-0.05, 0) is 52.9 Å². The van der Waals surface area contributed by atoms with Gasteiger partial charge in [0.05, 0.1) is 12.8 Å². The lowest BCUT2D eigenvalue weighted by molar-refractivity contribution is 0.290. The summed E-state index contributed by atoms with van der Waals surface area (Å²) in [5, 5.41) is 0. The van der Waals surface area contributed by atoms with Gasteiger partial charge in [0.15, 0.2) is 0 Å². The summed E-state index contributed by atoms with van der Waals surface area (Å²) in [5.41, 5.74) is 6.30. The Morgan fingerprint density at radius 1 is 0.926 bits per heavy atom. The first kappa shape index (κ1) is 17.5. The number of aromatic nitrogens is 1. The number of hydrogen-bond donors (Lipinski definition) is 0. The lowest BCUT2D eigenvalue weighted by Crippen LogP contribution is -2.28. The molecule has 0 saturated carbocycles. The third-order valence-electron chi connectivity index (χ3n) is 5.06. The van der Waals surface area contributed by atoms with E-state index in [0.717, 1.165) is 37.5 Å². The zero-order chi connectivity index (χ0) is 18.5. The van der Waals surface area contributed by atoms with Crippen LogP contribution in [0.3, 0.4) is 0 Å². The van der Waals surface area contributed by atoms with Crippen LogP contribution in [0.5, 0.6) is 5.75 Å². The number of nitrogens with zero attached hydrogens (tertiary/aromatic N) is 2. The summed E-state index contributed by atoms with van der Waals surface area (Å²) in [6.07, 6.45) is 5.32. The first-order chi connectivity index (χ1) is 13.3. The van der Waals surface area contributed by atoms with E-state index in [1.54, 1.807) is 7.11 Å². The molecule has 3 aromatic rings. The highest BCUT2D eigenvalue weighted by atomic mass is 16.5. The molecule has 2 aromatic carbocycles. The molecule has 0 atom stereocenters. The molecular formula is C24H24N2O. The van der Waals surface area contributed by atoms with Crippen molar-refractivity contribution in [1.82, 2.24) is 9.88 Å². The molecule has 0 radical (unpaired) electrons. The van der Waals surface area contributed by atoms with Gasteiger partial charge in [-0.2, -0.15) is 0 Å². The fraction of sp³-hybridized carbons (Fsp3) is 0.208. The summed E-state index contributed by atoms with van der Waals surface area (Å²) in [6, 6.07) is 23.1. The minimum absolute atomic E-state index is 0.882. The van der Waals surface area contributed by atoms with Crippen LogP contribution in [-0.4, -0.2) is 30.1 Å². The molecule has 4 rings (SSSR count). The lowest BCUT2D eigenvalue weighted by atomic mass is 9.99. The molecule has 2 heterocycles. The Hall–Kier alpha value is -2.91. The van der Waals surface area contributed by atoms with Crippen LogP contribution in [0, 0.1) is 0 Å². The number of ether oxygens (including phenoxy) is 1. The molecule has 136 valence electrons. The molecule has 27 heavy (non-hydrogen) atoms. The van der Waals surface area contributed by atoms with E-state index >= 15 is 0 Å². The summed E-state index contributed by atoms with van der Waals surface area (Å²) in [6.45, 7) is 2.89. The summed E-state index contributed by atoms with van der Waals surface area (Å²) < 4.78 is 5.25. The summed E-state index contributed by atoms with van der Waals surface area (Å²) >= 11 is 0. The van der Waals surface area contributed by atoms with Gasteiger partial charge in [0.1, 0.15) is 5.75 Å². The Labute approximate surface area is 160 Å². The fourth-order valence-corrected chi connectivity index (χ4v) is 3.53. The van der Waals surface area contributed by atoms with Gasteiger partial charge >= 0.3 is 0 Å². The van der Waals surface area contributed by atoms with Crippen LogP contribution in [-0.2, 0) is 6.54 Å². The minimum Gasteiger partial charge on any atom is -0.497 e. The molecule has 1 aliphatic heterocycles. The van der Waals surface area contributed by atoms with Crippen molar-refractivity contribution in [3.8, 4) is 16.9 Å². The monoisotopic (exact) mass is 356 g/mol. The van der Waals surface area contributed by atoms with Crippen molar-refractivity contribution in [2.45, 2.75) is 13.0 Å². The number of benzene rings is 2. The fourth-order valence-electron chi connectivity index (χ4n) is 3.53. The molecule has 0 amide bonds. The first-order valence-corrected chi connectivity index (χ1v) is 9.38. The van der Waals surface area contributed by atoms with E-state index < -0.39 is 0 Å². The van der Waals surface area contributed by atoms with Gasteiger partial charge in [-0.25, -0.2) is 0 Å². The van der Waals surface area contributed by atoms with Crippen molar-refractivity contribution in [3.05, 3.63) is 90.3 Å². The van der Waals surface area contributed by atoms with Gasteiger partial charge in [0, 0.05) is 25.8 Å². The Morgan fingerprint density at radius 3 is 2.44 bits per heavy atom. The quantitative estimate of drug-likeness (QED) is 0.640. The molecule has 1 aromatic heterocycles. The normalized spacial score (nSPS) is 14.6. The Morgan fingerprint density at radius 2 is 1.74 bits per heavy atom. The molecule has 0 saturated heterocycles. The molecule has 0 aliphatic carbocycles. The van der Waals surface area contributed by atoms with E-state index in [9.17, 15) is 0 Å². The third kappa shape index (κ3) is 4.26. The van der Waals surface area contributed by atoms with Crippen molar-refractivity contribution >= 4 is 5.57 Å². The number of rotatable bonds is 5. The summed E-state index contributed by atoms with van der Waals surface area (Å²) in [4.78, 5) is 7.03. The molecule has 0 fully saturated rings. The Bertz CT molecular complexity index is 917. The van der Waals surface area contributed by atoms with Crippen LogP contribution >= 0.6 is 0 Å². The second kappa shape index (κ2) is 8.19. The van der Waals surface area contributed by atoms with Gasteiger partial charge < -0.3 is 4.74 Å². The summed E-state index contributed by atoms with van der Waals surface area (Å²) in [5.74, 6) is 0.904. The zero-order valence-electron chi connectivity index (χ0n) is 15.6. The maximum absolute atomic E-state index is 5.25. The Kier molecular flexibility index (Phi) is 5.31. The lowest BCUT2D eigenvalue weighted by Gasteiger charge is -2.26. The molecule has 0 bridgehead atoms. The van der Waals surface area contributed by atoms with Crippen molar-refractivity contribution in [2.24, 2.45) is 0 Å². The van der Waals surface area contributed by atoms with E-state index in [0.29, 0.717) is 0 Å². The van der Waals surface area contributed by atoms with Crippen LogP contribution in [0.4, 0.5) is 0 Å². The minimum atomic E-state index is 0.882. The smallest absolute Gasteiger partial charge is 0.118 e. The molecule has 1 aliphatic rings. The third-order valence-corrected chi connectivity index (χ3v) is 5.06. The molecule has 3 nitrogen and oxygen atoms in total. The van der Waals surface area contributed by atoms with Crippen molar-refractivity contribution < 1.29 is 4.74 Å². The molecule has 3 heteroatoms. The predicted molar refractivity (Wildman–Crippen MR) is 111 cm³/mol. The largest absolute Gasteiger partial charge is 0.497 e. The zero-order valence-corrected chi connectivity index (χ0v) is 15.6. The molecule has 0 spiro atoms. The standard InChI is InChI=1S/C24H24N2O/c1-27-24-9-7-20(8-10-24)21-12-15-26(16-13-21)18-23-17-22(11-14-25-23)19-5-3-2-4-6-19/h2-12,14,17H,13,15-16,18H2,1H3. The van der Waals surface area contributed by atoms with E-state index in [1.165, 1.54) is 22.3 Å². The maximum Gasteiger partial charge on any atom is 0.118 e. The Balaban J connectivity index is 1.42. The number of methoxy groups -OCH3 is 1. The summed E-state index contributed by atoms with van der Waals surface area (Å²) in [7, 11) is 1.70. The van der Waals surface area contributed by atoms with Gasteiger partial charge in [-0.3, -0.25) is 9.88 Å². The van der Waals surface area contributed by atoms with E-state index in [4.69, 9.17) is 4.74 Å². The van der Waals surface area contributed by atoms with Gasteiger partial charge in [-0.1, -0.05) is 48.5 Å². The highest BCUT2D eigenvalue weighted by molar-refractivity contribution is 5.67. The van der Waals surface area contributed by atoms with E-state index in [2.05, 4.69) is 64.5 Å².